The Morgan fingerprint density at radius 3 is 2.39 bits per heavy atom. The molecule has 1 atom stereocenters. The highest BCUT2D eigenvalue weighted by Gasteiger charge is 2.17. The van der Waals surface area contributed by atoms with Gasteiger partial charge in [-0.05, 0) is 38.1 Å². The number of hydrogen-bond donors (Lipinski definition) is 2. The zero-order valence-corrected chi connectivity index (χ0v) is 13.9. The summed E-state index contributed by atoms with van der Waals surface area (Å²) in [6.07, 6.45) is 0. The summed E-state index contributed by atoms with van der Waals surface area (Å²) in [5.74, 6) is -1.49. The number of aromatic carboxylic acids is 1. The third kappa shape index (κ3) is 3.90. The fourth-order valence-corrected chi connectivity index (χ4v) is 2.29. The molecule has 2 N–H and O–H groups in total. The van der Waals surface area contributed by atoms with Crippen LogP contribution in [0.15, 0.2) is 24.3 Å². The first-order valence-electron chi connectivity index (χ1n) is 7.13. The molecule has 7 heteroatoms. The number of nitrogens with zero attached hydrogens (tertiary/aromatic N) is 2. The fraction of sp³-hybridized carbons (Fsp3) is 0.312. The number of aryl methyl sites for hydroxylation is 1. The van der Waals surface area contributed by atoms with Crippen LogP contribution < -0.4 is 5.32 Å². The number of aromatic nitrogens is 2. The third-order valence-corrected chi connectivity index (χ3v) is 4.13. The molecule has 0 aliphatic heterocycles. The Morgan fingerprint density at radius 1 is 1.30 bits per heavy atom. The largest absolute Gasteiger partial charge is 0.478 e. The summed E-state index contributed by atoms with van der Waals surface area (Å²) in [6.45, 7) is 5.89. The Labute approximate surface area is 139 Å². The van der Waals surface area contributed by atoms with Crippen LogP contribution in [0, 0.1) is 19.8 Å². The predicted molar refractivity (Wildman–Crippen MR) is 87.9 cm³/mol. The maximum Gasteiger partial charge on any atom is 0.335 e. The molecule has 1 heterocycles. The summed E-state index contributed by atoms with van der Waals surface area (Å²) >= 11 is 6.10. The van der Waals surface area contributed by atoms with Gasteiger partial charge in [-0.25, -0.2) is 4.79 Å². The van der Waals surface area contributed by atoms with E-state index in [2.05, 4.69) is 10.4 Å². The standard InChI is InChI=1S/C16H18ClN3O3/c1-9(8-20-11(3)14(17)10(2)19-20)15(21)18-13-6-4-12(5-7-13)16(22)23/h4-7,9H,8H2,1-3H3,(H,18,21)(H,22,23)/t9-/m0/s1. The summed E-state index contributed by atoms with van der Waals surface area (Å²) in [6, 6.07) is 6.02. The lowest BCUT2D eigenvalue weighted by molar-refractivity contribution is -0.119. The van der Waals surface area contributed by atoms with Crippen molar-refractivity contribution in [2.75, 3.05) is 5.32 Å². The van der Waals surface area contributed by atoms with E-state index in [-0.39, 0.29) is 17.4 Å². The number of halogens is 1. The number of amides is 1. The van der Waals surface area contributed by atoms with Gasteiger partial charge < -0.3 is 10.4 Å². The van der Waals surface area contributed by atoms with Gasteiger partial charge in [-0.3, -0.25) is 9.48 Å². The van der Waals surface area contributed by atoms with Gasteiger partial charge in [0.25, 0.3) is 0 Å². The van der Waals surface area contributed by atoms with Crippen LogP contribution in [0.25, 0.3) is 0 Å². The highest BCUT2D eigenvalue weighted by atomic mass is 35.5. The molecule has 0 aliphatic rings. The summed E-state index contributed by atoms with van der Waals surface area (Å²) < 4.78 is 1.72. The molecule has 6 nitrogen and oxygen atoms in total. The van der Waals surface area contributed by atoms with Crippen LogP contribution in [-0.4, -0.2) is 26.8 Å². The van der Waals surface area contributed by atoms with Crippen LogP contribution in [0.2, 0.25) is 5.02 Å². The van der Waals surface area contributed by atoms with Crippen molar-refractivity contribution in [2.24, 2.45) is 5.92 Å². The fourth-order valence-electron chi connectivity index (χ4n) is 2.16. The summed E-state index contributed by atoms with van der Waals surface area (Å²) in [5.41, 5.74) is 2.29. The maximum absolute atomic E-state index is 12.2. The van der Waals surface area contributed by atoms with Gasteiger partial charge in [0.2, 0.25) is 5.91 Å². The van der Waals surface area contributed by atoms with Gasteiger partial charge in [-0.15, -0.1) is 0 Å². The molecule has 0 spiro atoms. The van der Waals surface area contributed by atoms with E-state index in [1.165, 1.54) is 12.1 Å². The molecular formula is C16H18ClN3O3. The lowest BCUT2D eigenvalue weighted by atomic mass is 10.1. The second-order valence-electron chi connectivity index (χ2n) is 5.44. The van der Waals surface area contributed by atoms with Crippen molar-refractivity contribution in [2.45, 2.75) is 27.3 Å². The molecule has 0 fully saturated rings. The number of carboxylic acids is 1. The first-order valence-corrected chi connectivity index (χ1v) is 7.51. The molecule has 0 unspecified atom stereocenters. The van der Waals surface area contributed by atoms with Crippen molar-refractivity contribution < 1.29 is 14.7 Å². The van der Waals surface area contributed by atoms with Gasteiger partial charge in [0.1, 0.15) is 0 Å². The first-order chi connectivity index (χ1) is 10.8. The zero-order chi connectivity index (χ0) is 17.1. The second-order valence-corrected chi connectivity index (χ2v) is 5.82. The molecular weight excluding hydrogens is 318 g/mol. The lowest BCUT2D eigenvalue weighted by Gasteiger charge is -2.13. The van der Waals surface area contributed by atoms with Gasteiger partial charge in [0, 0.05) is 5.69 Å². The quantitative estimate of drug-likeness (QED) is 0.879. The normalized spacial score (nSPS) is 12.0. The van der Waals surface area contributed by atoms with Gasteiger partial charge in [0.15, 0.2) is 0 Å². The molecule has 2 aromatic rings. The smallest absolute Gasteiger partial charge is 0.335 e. The number of nitrogens with one attached hydrogen (secondary N) is 1. The Morgan fingerprint density at radius 2 is 1.91 bits per heavy atom. The molecule has 122 valence electrons. The molecule has 0 radical (unpaired) electrons. The van der Waals surface area contributed by atoms with Crippen LogP contribution in [0.5, 0.6) is 0 Å². The minimum Gasteiger partial charge on any atom is -0.478 e. The molecule has 0 bridgehead atoms. The van der Waals surface area contributed by atoms with Crippen LogP contribution in [0.4, 0.5) is 5.69 Å². The highest BCUT2D eigenvalue weighted by molar-refractivity contribution is 6.31. The van der Waals surface area contributed by atoms with Crippen molar-refractivity contribution in [3.05, 3.63) is 46.2 Å². The molecule has 23 heavy (non-hydrogen) atoms. The van der Waals surface area contributed by atoms with E-state index in [0.29, 0.717) is 17.3 Å². The van der Waals surface area contributed by atoms with Crippen molar-refractivity contribution in [3.8, 4) is 0 Å². The van der Waals surface area contributed by atoms with E-state index < -0.39 is 5.97 Å². The minimum atomic E-state index is -1.00. The number of carbonyl (C=O) groups is 2. The monoisotopic (exact) mass is 335 g/mol. The van der Waals surface area contributed by atoms with Crippen molar-refractivity contribution in [1.29, 1.82) is 0 Å². The van der Waals surface area contributed by atoms with Crippen LogP contribution in [0.1, 0.15) is 28.7 Å². The third-order valence-electron chi connectivity index (χ3n) is 3.59. The Hall–Kier alpha value is -2.34. The van der Waals surface area contributed by atoms with Gasteiger partial charge in [-0.1, -0.05) is 18.5 Å². The molecule has 0 aliphatic carbocycles. The minimum absolute atomic E-state index is 0.170. The van der Waals surface area contributed by atoms with E-state index in [1.54, 1.807) is 23.7 Å². The molecule has 0 saturated carbocycles. The van der Waals surface area contributed by atoms with Gasteiger partial charge in [0.05, 0.1) is 34.4 Å². The predicted octanol–water partition coefficient (Wildman–Crippen LogP) is 3.13. The van der Waals surface area contributed by atoms with Gasteiger partial charge in [-0.2, -0.15) is 5.10 Å². The first kappa shape index (κ1) is 17.0. The van der Waals surface area contributed by atoms with Crippen LogP contribution in [0.3, 0.4) is 0 Å². The van der Waals surface area contributed by atoms with Crippen molar-refractivity contribution in [3.63, 3.8) is 0 Å². The van der Waals surface area contributed by atoms with Crippen molar-refractivity contribution in [1.82, 2.24) is 9.78 Å². The number of benzene rings is 1. The zero-order valence-electron chi connectivity index (χ0n) is 13.1. The average Bonchev–Trinajstić information content (AvgIpc) is 2.75. The van der Waals surface area contributed by atoms with Crippen LogP contribution in [-0.2, 0) is 11.3 Å². The number of carbonyl (C=O) groups excluding carboxylic acids is 1. The van der Waals surface area contributed by atoms with Crippen LogP contribution >= 0.6 is 11.6 Å². The molecule has 1 aromatic carbocycles. The van der Waals surface area contributed by atoms with E-state index in [4.69, 9.17) is 16.7 Å². The highest BCUT2D eigenvalue weighted by Crippen LogP contribution is 2.20. The second kappa shape index (κ2) is 6.83. The summed E-state index contributed by atoms with van der Waals surface area (Å²) in [4.78, 5) is 23.0. The Bertz CT molecular complexity index is 738. The topological polar surface area (TPSA) is 84.2 Å². The number of rotatable bonds is 5. The average molecular weight is 336 g/mol. The number of anilines is 1. The maximum atomic E-state index is 12.2. The lowest BCUT2D eigenvalue weighted by Crippen LogP contribution is -2.25. The Balaban J connectivity index is 2.02. The SMILES string of the molecule is Cc1nn(C[C@H](C)C(=O)Nc2ccc(C(=O)O)cc2)c(C)c1Cl. The van der Waals surface area contributed by atoms with E-state index in [9.17, 15) is 9.59 Å². The van der Waals surface area contributed by atoms with E-state index in [0.717, 1.165) is 11.4 Å². The van der Waals surface area contributed by atoms with E-state index in [1.807, 2.05) is 13.8 Å². The molecule has 2 rings (SSSR count). The summed E-state index contributed by atoms with van der Waals surface area (Å²) in [5, 5.41) is 16.5. The number of carboxylic acid groups (broad SMARTS) is 1. The Kier molecular flexibility index (Phi) is 5.05. The summed E-state index contributed by atoms with van der Waals surface area (Å²) in [7, 11) is 0. The number of hydrogen-bond acceptors (Lipinski definition) is 3. The molecule has 1 aromatic heterocycles. The molecule has 1 amide bonds. The van der Waals surface area contributed by atoms with Crippen molar-refractivity contribution >= 4 is 29.2 Å². The van der Waals surface area contributed by atoms with E-state index >= 15 is 0 Å². The molecule has 0 saturated heterocycles. The van der Waals surface area contributed by atoms with Gasteiger partial charge >= 0.3 is 5.97 Å².